The molecule has 0 unspecified atom stereocenters. The van der Waals surface area contributed by atoms with Crippen molar-refractivity contribution in [3.8, 4) is 11.1 Å². The topological polar surface area (TPSA) is 102 Å². The number of benzene rings is 1. The van der Waals surface area contributed by atoms with Crippen LogP contribution in [0.4, 0.5) is 24.8 Å². The molecule has 9 nitrogen and oxygen atoms in total. The van der Waals surface area contributed by atoms with Crippen molar-refractivity contribution in [3.63, 3.8) is 0 Å². The van der Waals surface area contributed by atoms with Crippen LogP contribution in [0.25, 0.3) is 11.1 Å². The molecular formula is C27H33F3N6O3S. The maximum Gasteiger partial charge on any atom is 0.417 e. The Morgan fingerprint density at radius 3 is 2.35 bits per heavy atom. The molecule has 2 atom stereocenters. The zero-order valence-electron chi connectivity index (χ0n) is 22.5. The molecule has 1 aliphatic rings. The van der Waals surface area contributed by atoms with Crippen molar-refractivity contribution in [2.75, 3.05) is 57.5 Å². The summed E-state index contributed by atoms with van der Waals surface area (Å²) in [5.74, 6) is 0.986. The first-order valence-corrected chi connectivity index (χ1v) is 14.2. The molecule has 2 N–H and O–H groups in total. The highest BCUT2D eigenvalue weighted by molar-refractivity contribution is 7.89. The lowest BCUT2D eigenvalue weighted by atomic mass is 10.0. The Labute approximate surface area is 232 Å². The number of aliphatic hydroxyl groups excluding tert-OH is 1. The number of nitrogens with one attached hydrogen (secondary N) is 1. The number of alkyl halides is 3. The first-order valence-electron chi connectivity index (χ1n) is 12.7. The normalized spacial score (nSPS) is 18.6. The molecule has 1 fully saturated rings. The predicted octanol–water partition coefficient (Wildman–Crippen LogP) is 3.40. The Hall–Kier alpha value is -3.26. The number of hydrogen-bond acceptors (Lipinski definition) is 8. The highest BCUT2D eigenvalue weighted by Crippen LogP contribution is 2.30. The van der Waals surface area contributed by atoms with Gasteiger partial charge in [-0.05, 0) is 68.0 Å². The van der Waals surface area contributed by atoms with Gasteiger partial charge in [-0.25, -0.2) is 18.4 Å². The van der Waals surface area contributed by atoms with Crippen LogP contribution in [0.1, 0.15) is 12.0 Å². The fraction of sp³-hybridized carbons (Fsp3) is 0.407. The molecule has 1 saturated heterocycles. The van der Waals surface area contributed by atoms with Crippen molar-refractivity contribution < 1.29 is 26.7 Å². The fourth-order valence-corrected chi connectivity index (χ4v) is 5.84. The van der Waals surface area contributed by atoms with Crippen LogP contribution >= 0.6 is 0 Å². The molecule has 0 amide bonds. The van der Waals surface area contributed by atoms with Crippen LogP contribution in [-0.4, -0.2) is 92.2 Å². The summed E-state index contributed by atoms with van der Waals surface area (Å²) in [5.41, 5.74) is 0.877. The molecule has 13 heteroatoms. The number of halogens is 3. The number of hydrogen-bond donors (Lipinski definition) is 2. The first-order chi connectivity index (χ1) is 18.8. The zero-order valence-corrected chi connectivity index (χ0v) is 23.3. The van der Waals surface area contributed by atoms with E-state index in [2.05, 4.69) is 25.1 Å². The molecule has 0 bridgehead atoms. The van der Waals surface area contributed by atoms with Gasteiger partial charge in [0.25, 0.3) is 0 Å². The molecule has 0 aliphatic carbocycles. The minimum Gasteiger partial charge on any atom is -0.390 e. The summed E-state index contributed by atoms with van der Waals surface area (Å²) >= 11 is 0. The van der Waals surface area contributed by atoms with Gasteiger partial charge in [-0.1, -0.05) is 12.1 Å². The van der Waals surface area contributed by atoms with Crippen molar-refractivity contribution in [2.24, 2.45) is 0 Å². The third-order valence-electron chi connectivity index (χ3n) is 6.81. The van der Waals surface area contributed by atoms with Gasteiger partial charge in [0, 0.05) is 45.6 Å². The van der Waals surface area contributed by atoms with E-state index in [1.165, 1.54) is 10.4 Å². The van der Waals surface area contributed by atoms with E-state index in [1.54, 1.807) is 30.5 Å². The van der Waals surface area contributed by atoms with E-state index in [-0.39, 0.29) is 30.2 Å². The molecule has 3 aromatic rings. The Balaban J connectivity index is 1.40. The number of anilines is 2. The molecule has 1 aliphatic heterocycles. The van der Waals surface area contributed by atoms with Crippen LogP contribution in [0.2, 0.25) is 0 Å². The third-order valence-corrected chi connectivity index (χ3v) is 8.69. The number of β-amino-alcohol motifs (C(OH)–C–C–N with tert-alkyl or cyclic N) is 1. The minimum atomic E-state index is -4.49. The van der Waals surface area contributed by atoms with Gasteiger partial charge >= 0.3 is 6.18 Å². The zero-order chi connectivity index (χ0) is 29.1. The molecule has 4 rings (SSSR count). The standard InChI is InChI=1S/C27H33F3N6O3S/c1-34(2)14-15-35(3)26-16-20(10-12-31-26)19-4-7-22(8-5-19)40(38,39)36-13-11-23(24(37)18-36)33-25-9-6-21(17-32-25)27(28,29)30/h4-10,12,16-17,23-24,37H,11,13-15,18H2,1-3H3,(H,32,33)/t23-,24+/m1/s1. The van der Waals surface area contributed by atoms with Gasteiger partial charge < -0.3 is 20.2 Å². The van der Waals surface area contributed by atoms with Crippen molar-refractivity contribution in [2.45, 2.75) is 29.6 Å². The molecular weight excluding hydrogens is 545 g/mol. The van der Waals surface area contributed by atoms with Crippen molar-refractivity contribution >= 4 is 21.7 Å². The van der Waals surface area contributed by atoms with Gasteiger partial charge in [-0.3, -0.25) is 0 Å². The number of sulfonamides is 1. The number of pyridine rings is 2. The van der Waals surface area contributed by atoms with Crippen LogP contribution in [-0.2, 0) is 16.2 Å². The average molecular weight is 579 g/mol. The van der Waals surface area contributed by atoms with Gasteiger partial charge in [0.1, 0.15) is 11.6 Å². The van der Waals surface area contributed by atoms with Gasteiger partial charge in [0.05, 0.1) is 22.6 Å². The molecule has 0 spiro atoms. The van der Waals surface area contributed by atoms with Gasteiger partial charge in [0.15, 0.2) is 0 Å². The van der Waals surface area contributed by atoms with Gasteiger partial charge in [0.2, 0.25) is 10.0 Å². The van der Waals surface area contributed by atoms with Gasteiger partial charge in [-0.15, -0.1) is 0 Å². The van der Waals surface area contributed by atoms with Crippen LogP contribution in [0.5, 0.6) is 0 Å². The van der Waals surface area contributed by atoms with E-state index in [0.717, 1.165) is 36.1 Å². The summed E-state index contributed by atoms with van der Waals surface area (Å²) in [4.78, 5) is 12.5. The van der Waals surface area contributed by atoms with E-state index >= 15 is 0 Å². The van der Waals surface area contributed by atoms with Crippen LogP contribution in [0.15, 0.2) is 65.8 Å². The number of likely N-dealkylation sites (N-methyl/N-ethyl adjacent to an activating group) is 2. The highest BCUT2D eigenvalue weighted by Gasteiger charge is 2.35. The SMILES string of the molecule is CN(C)CCN(C)c1cc(-c2ccc(S(=O)(=O)N3CC[C@@H](Nc4ccc(C(F)(F)F)cn4)[C@@H](O)C3)cc2)ccn1. The summed E-state index contributed by atoms with van der Waals surface area (Å²) in [7, 11) is 2.12. The maximum atomic E-state index is 13.3. The maximum absolute atomic E-state index is 13.3. The molecule has 1 aromatic carbocycles. The van der Waals surface area contributed by atoms with E-state index < -0.39 is 33.9 Å². The summed E-state index contributed by atoms with van der Waals surface area (Å²) in [5, 5.41) is 13.5. The average Bonchev–Trinajstić information content (AvgIpc) is 2.92. The van der Waals surface area contributed by atoms with E-state index in [4.69, 9.17) is 0 Å². The Kier molecular flexibility index (Phi) is 8.98. The predicted molar refractivity (Wildman–Crippen MR) is 148 cm³/mol. The highest BCUT2D eigenvalue weighted by atomic mass is 32.2. The third kappa shape index (κ3) is 7.08. The molecule has 0 saturated carbocycles. The van der Waals surface area contributed by atoms with Crippen LogP contribution < -0.4 is 10.2 Å². The van der Waals surface area contributed by atoms with E-state index in [1.807, 2.05) is 33.3 Å². The second kappa shape index (κ2) is 12.1. The summed E-state index contributed by atoms with van der Waals surface area (Å²) in [6.45, 7) is 1.66. The minimum absolute atomic E-state index is 0.108. The summed E-state index contributed by atoms with van der Waals surface area (Å²) in [6, 6.07) is 11.9. The van der Waals surface area contributed by atoms with Crippen molar-refractivity contribution in [1.82, 2.24) is 19.2 Å². The lowest BCUT2D eigenvalue weighted by Gasteiger charge is -2.35. The van der Waals surface area contributed by atoms with Gasteiger partial charge in [-0.2, -0.15) is 17.5 Å². The summed E-state index contributed by atoms with van der Waals surface area (Å²) in [6.07, 6.45) is -2.88. The summed E-state index contributed by atoms with van der Waals surface area (Å²) < 4.78 is 66.1. The number of piperidine rings is 1. The van der Waals surface area contributed by atoms with E-state index in [9.17, 15) is 26.7 Å². The number of aliphatic hydroxyl groups is 1. The second-order valence-corrected chi connectivity index (χ2v) is 12.0. The molecule has 2 aromatic heterocycles. The number of nitrogens with zero attached hydrogens (tertiary/aromatic N) is 5. The molecule has 3 heterocycles. The smallest absolute Gasteiger partial charge is 0.390 e. The van der Waals surface area contributed by atoms with Crippen molar-refractivity contribution in [1.29, 1.82) is 0 Å². The Bertz CT molecular complexity index is 1390. The van der Waals surface area contributed by atoms with Crippen LogP contribution in [0.3, 0.4) is 0 Å². The lowest BCUT2D eigenvalue weighted by Crippen LogP contribution is -2.51. The van der Waals surface area contributed by atoms with E-state index in [0.29, 0.717) is 6.20 Å². The molecule has 0 radical (unpaired) electrons. The Morgan fingerprint density at radius 1 is 1.02 bits per heavy atom. The second-order valence-electron chi connectivity index (χ2n) is 10.1. The van der Waals surface area contributed by atoms with Crippen LogP contribution in [0, 0.1) is 0 Å². The Morgan fingerprint density at radius 2 is 1.75 bits per heavy atom. The largest absolute Gasteiger partial charge is 0.417 e. The quantitative estimate of drug-likeness (QED) is 0.399. The molecule has 216 valence electrons. The number of rotatable bonds is 9. The van der Waals surface area contributed by atoms with Crippen molar-refractivity contribution in [3.05, 3.63) is 66.5 Å². The monoisotopic (exact) mass is 578 g/mol. The molecule has 40 heavy (non-hydrogen) atoms. The number of aromatic nitrogens is 2. The fourth-order valence-electron chi connectivity index (χ4n) is 4.37. The first kappa shape index (κ1) is 29.7. The lowest BCUT2D eigenvalue weighted by molar-refractivity contribution is -0.137.